The fourth-order valence-electron chi connectivity index (χ4n) is 2.42. The molecule has 1 aromatic rings. The van der Waals surface area contributed by atoms with Crippen molar-refractivity contribution in [1.29, 1.82) is 0 Å². The zero-order chi connectivity index (χ0) is 18.1. The summed E-state index contributed by atoms with van der Waals surface area (Å²) in [6.07, 6.45) is 2.85. The van der Waals surface area contributed by atoms with E-state index in [1.54, 1.807) is 0 Å². The van der Waals surface area contributed by atoms with E-state index in [0.717, 1.165) is 19.0 Å². The van der Waals surface area contributed by atoms with E-state index in [9.17, 15) is 4.79 Å². The molecule has 0 aliphatic heterocycles. The van der Waals surface area contributed by atoms with Crippen molar-refractivity contribution in [2.24, 2.45) is 4.99 Å². The average Bonchev–Trinajstić information content (AvgIpc) is 3.33. The zero-order valence-electron chi connectivity index (χ0n) is 15.5. The van der Waals surface area contributed by atoms with Crippen molar-refractivity contribution in [2.45, 2.75) is 55.7 Å². The van der Waals surface area contributed by atoms with Gasteiger partial charge in [0.25, 0.3) is 0 Å². The highest BCUT2D eigenvalue weighted by molar-refractivity contribution is 8.01. The van der Waals surface area contributed by atoms with E-state index in [1.165, 1.54) is 17.7 Å². The smallest absolute Gasteiger partial charge is 0.221 e. The van der Waals surface area contributed by atoms with Gasteiger partial charge in [-0.3, -0.25) is 9.79 Å². The number of aliphatic imine (C=N–C) groups is 1. The number of carbonyl (C=O) groups is 1. The number of benzene rings is 1. The molecule has 0 unspecified atom stereocenters. The molecule has 0 bridgehead atoms. The third-order valence-corrected chi connectivity index (χ3v) is 5.33. The van der Waals surface area contributed by atoms with Gasteiger partial charge < -0.3 is 16.0 Å². The molecule has 0 heterocycles. The Hall–Kier alpha value is -1.69. The Morgan fingerprint density at radius 2 is 1.96 bits per heavy atom. The molecular formula is C19H30N4OS. The molecule has 1 amide bonds. The van der Waals surface area contributed by atoms with Crippen LogP contribution < -0.4 is 16.0 Å². The van der Waals surface area contributed by atoms with E-state index in [1.807, 2.05) is 38.6 Å². The predicted molar refractivity (Wildman–Crippen MR) is 106 cm³/mol. The van der Waals surface area contributed by atoms with Gasteiger partial charge in [0.05, 0.1) is 6.54 Å². The molecule has 6 heteroatoms. The van der Waals surface area contributed by atoms with Crippen molar-refractivity contribution in [1.82, 2.24) is 16.0 Å². The summed E-state index contributed by atoms with van der Waals surface area (Å²) in [7, 11) is 0. The first kappa shape index (κ1) is 19.6. The predicted octanol–water partition coefficient (Wildman–Crippen LogP) is 2.78. The Labute approximate surface area is 155 Å². The Morgan fingerprint density at radius 1 is 1.24 bits per heavy atom. The van der Waals surface area contributed by atoms with Gasteiger partial charge in [-0.1, -0.05) is 18.2 Å². The van der Waals surface area contributed by atoms with Crippen LogP contribution in [0.2, 0.25) is 0 Å². The number of guanidine groups is 1. The van der Waals surface area contributed by atoms with Crippen LogP contribution in [0.25, 0.3) is 0 Å². The van der Waals surface area contributed by atoms with Gasteiger partial charge in [0.1, 0.15) is 0 Å². The van der Waals surface area contributed by atoms with E-state index >= 15 is 0 Å². The van der Waals surface area contributed by atoms with Crippen LogP contribution in [0.1, 0.15) is 40.0 Å². The molecule has 25 heavy (non-hydrogen) atoms. The fourth-order valence-corrected chi connectivity index (χ4v) is 3.65. The Balaban J connectivity index is 1.81. The van der Waals surface area contributed by atoms with E-state index in [4.69, 9.17) is 4.99 Å². The summed E-state index contributed by atoms with van der Waals surface area (Å²) in [4.78, 5) is 17.8. The highest BCUT2D eigenvalue weighted by Gasteiger charge is 2.43. The molecule has 0 atom stereocenters. The Bertz CT molecular complexity index is 570. The summed E-state index contributed by atoms with van der Waals surface area (Å²) in [6.45, 7) is 8.17. The van der Waals surface area contributed by atoms with Gasteiger partial charge in [0.2, 0.25) is 5.91 Å². The van der Waals surface area contributed by atoms with Crippen molar-refractivity contribution in [3.05, 3.63) is 30.3 Å². The number of nitrogens with zero attached hydrogens (tertiary/aromatic N) is 1. The fraction of sp³-hybridized carbons (Fsp3) is 0.579. The second kappa shape index (κ2) is 9.70. The Kier molecular flexibility index (Phi) is 7.62. The molecule has 0 saturated heterocycles. The molecule has 3 N–H and O–H groups in total. The van der Waals surface area contributed by atoms with E-state index < -0.39 is 0 Å². The van der Waals surface area contributed by atoms with Crippen molar-refractivity contribution in [3.63, 3.8) is 0 Å². The maximum atomic E-state index is 11.7. The third kappa shape index (κ3) is 7.38. The lowest BCUT2D eigenvalue weighted by atomic mass is 10.3. The van der Waals surface area contributed by atoms with Crippen molar-refractivity contribution in [2.75, 3.05) is 19.6 Å². The highest BCUT2D eigenvalue weighted by atomic mass is 32.2. The lowest BCUT2D eigenvalue weighted by molar-refractivity contribution is -0.121. The average molecular weight is 363 g/mol. The zero-order valence-corrected chi connectivity index (χ0v) is 16.3. The number of hydrogen-bond acceptors (Lipinski definition) is 3. The second-order valence-electron chi connectivity index (χ2n) is 6.69. The minimum absolute atomic E-state index is 0.0663. The van der Waals surface area contributed by atoms with Crippen molar-refractivity contribution < 1.29 is 4.79 Å². The number of hydrogen-bond donors (Lipinski definition) is 3. The molecule has 1 saturated carbocycles. The van der Waals surface area contributed by atoms with Gasteiger partial charge in [-0.2, -0.15) is 0 Å². The monoisotopic (exact) mass is 362 g/mol. The summed E-state index contributed by atoms with van der Waals surface area (Å²) in [6, 6.07) is 10.7. The first-order valence-electron chi connectivity index (χ1n) is 9.08. The normalized spacial score (nSPS) is 15.8. The topological polar surface area (TPSA) is 65.5 Å². The van der Waals surface area contributed by atoms with Gasteiger partial charge in [0.15, 0.2) is 5.96 Å². The third-order valence-electron chi connectivity index (χ3n) is 3.85. The molecule has 0 spiro atoms. The molecule has 1 aliphatic carbocycles. The maximum Gasteiger partial charge on any atom is 0.221 e. The van der Waals surface area contributed by atoms with Gasteiger partial charge in [-0.05, 0) is 45.7 Å². The van der Waals surface area contributed by atoms with Crippen LogP contribution in [-0.2, 0) is 4.79 Å². The van der Waals surface area contributed by atoms with Crippen LogP contribution >= 0.6 is 11.8 Å². The summed E-state index contributed by atoms with van der Waals surface area (Å²) in [5, 5.41) is 9.42. The molecular weight excluding hydrogens is 332 g/mol. The molecule has 5 nitrogen and oxygen atoms in total. The first-order chi connectivity index (χ1) is 12.0. The van der Waals surface area contributed by atoms with E-state index in [-0.39, 0.29) is 16.7 Å². The number of amides is 1. The van der Waals surface area contributed by atoms with Crippen molar-refractivity contribution >= 4 is 23.6 Å². The van der Waals surface area contributed by atoms with Gasteiger partial charge in [0, 0.05) is 35.2 Å². The largest absolute Gasteiger partial charge is 0.357 e. The van der Waals surface area contributed by atoms with Crippen LogP contribution in [0.3, 0.4) is 0 Å². The highest BCUT2D eigenvalue weighted by Crippen LogP contribution is 2.51. The molecule has 1 aromatic carbocycles. The van der Waals surface area contributed by atoms with Crippen LogP contribution in [0.5, 0.6) is 0 Å². The van der Waals surface area contributed by atoms with Crippen LogP contribution in [0, 0.1) is 0 Å². The maximum absolute atomic E-state index is 11.7. The standard InChI is InChI=1S/C19H30N4OS/c1-4-20-18(21-13-10-17(24)23-15(2)3)22-14-19(11-12-19)25-16-8-6-5-7-9-16/h5-9,15H,4,10-14H2,1-3H3,(H,23,24)(H2,20,21,22). The first-order valence-corrected chi connectivity index (χ1v) is 9.90. The van der Waals surface area contributed by atoms with Crippen molar-refractivity contribution in [3.8, 4) is 0 Å². The lowest BCUT2D eigenvalue weighted by Crippen LogP contribution is -2.40. The molecule has 1 fully saturated rings. The summed E-state index contributed by atoms with van der Waals surface area (Å²) in [5.41, 5.74) is 0. The van der Waals surface area contributed by atoms with E-state index in [0.29, 0.717) is 13.0 Å². The molecule has 2 rings (SSSR count). The summed E-state index contributed by atoms with van der Waals surface area (Å²) in [5.74, 6) is 0.858. The molecule has 138 valence electrons. The van der Waals surface area contributed by atoms with Gasteiger partial charge in [-0.15, -0.1) is 11.8 Å². The minimum atomic E-state index is 0.0663. The summed E-state index contributed by atoms with van der Waals surface area (Å²) < 4.78 is 0.235. The second-order valence-corrected chi connectivity index (χ2v) is 8.23. The SMILES string of the molecule is CCNC(=NCC1(Sc2ccccc2)CC1)NCCC(=O)NC(C)C. The molecule has 1 aliphatic rings. The summed E-state index contributed by atoms with van der Waals surface area (Å²) >= 11 is 1.93. The number of thioether (sulfide) groups is 1. The number of carbonyl (C=O) groups excluding carboxylic acids is 1. The minimum Gasteiger partial charge on any atom is -0.357 e. The molecule has 0 aromatic heterocycles. The molecule has 0 radical (unpaired) electrons. The van der Waals surface area contributed by atoms with E-state index in [2.05, 4.69) is 40.2 Å². The quantitative estimate of drug-likeness (QED) is 0.467. The van der Waals surface area contributed by atoms with Crippen LogP contribution in [0.15, 0.2) is 40.2 Å². The van der Waals surface area contributed by atoms with Gasteiger partial charge >= 0.3 is 0 Å². The Morgan fingerprint density at radius 3 is 2.56 bits per heavy atom. The lowest BCUT2D eigenvalue weighted by Gasteiger charge is -2.15. The van der Waals surface area contributed by atoms with Crippen LogP contribution in [-0.4, -0.2) is 42.3 Å². The van der Waals surface area contributed by atoms with Crippen LogP contribution in [0.4, 0.5) is 0 Å². The number of rotatable bonds is 9. The van der Waals surface area contributed by atoms with Gasteiger partial charge in [-0.25, -0.2) is 0 Å². The number of nitrogens with one attached hydrogen (secondary N) is 3.